The molecule has 0 spiro atoms. The Morgan fingerprint density at radius 1 is 1.24 bits per heavy atom. The summed E-state index contributed by atoms with van der Waals surface area (Å²) in [7, 11) is 1.74. The second-order valence-electron chi connectivity index (χ2n) is 4.29. The minimum atomic E-state index is 0.0747. The number of nitrogens with zero attached hydrogens (tertiary/aromatic N) is 7. The fraction of sp³-hybridized carbons (Fsp3) is 0.500. The lowest BCUT2D eigenvalue weighted by atomic mass is 10.4. The molecule has 0 unspecified atom stereocenters. The number of nitrogen functional groups attached to an aromatic ring is 1. The predicted molar refractivity (Wildman–Crippen MR) is 71.7 cm³/mol. The number of hydrazine groups is 1. The Morgan fingerprint density at radius 2 is 2.05 bits per heavy atom. The molecule has 11 nitrogen and oxygen atoms in total. The zero-order valence-electron chi connectivity index (χ0n) is 11.4. The molecule has 3 heterocycles. The summed E-state index contributed by atoms with van der Waals surface area (Å²) in [6.07, 6.45) is 1.52. The summed E-state index contributed by atoms with van der Waals surface area (Å²) < 4.78 is 12.2. The van der Waals surface area contributed by atoms with Crippen molar-refractivity contribution in [3.8, 4) is 12.0 Å². The standard InChI is InChI=1S/C10H15N9O2/c1-18-6-12-9(17-18)21-10-14-7(16-11)13-8(15-10)19-2-4-20-5-3-19/h6H,2-5,11H2,1H3,(H,13,14,15,16). The molecule has 0 aliphatic carbocycles. The molecular weight excluding hydrogens is 278 g/mol. The third kappa shape index (κ3) is 3.14. The molecule has 0 aromatic carbocycles. The second-order valence-corrected chi connectivity index (χ2v) is 4.29. The van der Waals surface area contributed by atoms with Gasteiger partial charge in [0, 0.05) is 20.1 Å². The molecule has 1 fully saturated rings. The Hall–Kier alpha value is -2.53. The molecule has 0 saturated carbocycles. The minimum Gasteiger partial charge on any atom is -0.387 e. The van der Waals surface area contributed by atoms with Gasteiger partial charge in [-0.2, -0.15) is 19.9 Å². The zero-order valence-corrected chi connectivity index (χ0v) is 11.4. The number of aromatic nitrogens is 6. The topological polar surface area (TPSA) is 129 Å². The largest absolute Gasteiger partial charge is 0.387 e. The van der Waals surface area contributed by atoms with Crippen LogP contribution in [-0.4, -0.2) is 56.0 Å². The fourth-order valence-corrected chi connectivity index (χ4v) is 1.81. The molecule has 0 amide bonds. The Bertz CT molecular complexity index is 610. The number of nitrogens with two attached hydrogens (primary N) is 1. The van der Waals surface area contributed by atoms with Crippen molar-refractivity contribution in [3.05, 3.63) is 6.33 Å². The Labute approximate surface area is 120 Å². The quantitative estimate of drug-likeness (QED) is 0.530. The molecule has 0 radical (unpaired) electrons. The molecule has 112 valence electrons. The first kappa shape index (κ1) is 13.5. The highest BCUT2D eigenvalue weighted by Gasteiger charge is 2.17. The Morgan fingerprint density at radius 3 is 2.71 bits per heavy atom. The lowest BCUT2D eigenvalue weighted by Gasteiger charge is -2.26. The molecule has 3 N–H and O–H groups in total. The molecule has 1 saturated heterocycles. The number of hydrogen-bond donors (Lipinski definition) is 2. The Balaban J connectivity index is 1.85. The van der Waals surface area contributed by atoms with Crippen LogP contribution in [-0.2, 0) is 11.8 Å². The summed E-state index contributed by atoms with van der Waals surface area (Å²) >= 11 is 0. The van der Waals surface area contributed by atoms with Gasteiger partial charge < -0.3 is 14.4 Å². The minimum absolute atomic E-state index is 0.0747. The smallest absolute Gasteiger partial charge is 0.343 e. The molecule has 2 aromatic heterocycles. The number of morpholine rings is 1. The maximum atomic E-state index is 5.41. The van der Waals surface area contributed by atoms with Crippen molar-refractivity contribution in [2.24, 2.45) is 12.9 Å². The average Bonchev–Trinajstić information content (AvgIpc) is 2.93. The zero-order chi connectivity index (χ0) is 14.7. The molecule has 21 heavy (non-hydrogen) atoms. The fourth-order valence-electron chi connectivity index (χ4n) is 1.81. The van der Waals surface area contributed by atoms with Crippen molar-refractivity contribution >= 4 is 11.9 Å². The molecular formula is C10H15N9O2. The highest BCUT2D eigenvalue weighted by atomic mass is 16.5. The molecule has 1 aliphatic rings. The first-order chi connectivity index (χ1) is 10.2. The summed E-state index contributed by atoms with van der Waals surface area (Å²) in [6, 6.07) is 0.227. The molecule has 1 aliphatic heterocycles. The van der Waals surface area contributed by atoms with Crippen LogP contribution in [0.2, 0.25) is 0 Å². The SMILES string of the molecule is Cn1cnc(Oc2nc(NN)nc(N3CCOCC3)n2)n1. The summed E-state index contributed by atoms with van der Waals surface area (Å²) in [4.78, 5) is 18.4. The monoisotopic (exact) mass is 293 g/mol. The molecule has 0 bridgehead atoms. The maximum absolute atomic E-state index is 5.41. The van der Waals surface area contributed by atoms with Gasteiger partial charge in [-0.15, -0.1) is 5.10 Å². The van der Waals surface area contributed by atoms with Crippen LogP contribution in [0, 0.1) is 0 Å². The van der Waals surface area contributed by atoms with Gasteiger partial charge in [-0.1, -0.05) is 0 Å². The summed E-state index contributed by atoms with van der Waals surface area (Å²) in [5.74, 6) is 6.05. The number of anilines is 2. The van der Waals surface area contributed by atoms with Crippen LogP contribution in [0.5, 0.6) is 12.0 Å². The van der Waals surface area contributed by atoms with Gasteiger partial charge in [0.15, 0.2) is 0 Å². The van der Waals surface area contributed by atoms with E-state index in [1.54, 1.807) is 7.05 Å². The lowest BCUT2D eigenvalue weighted by Crippen LogP contribution is -2.37. The van der Waals surface area contributed by atoms with Crippen LogP contribution in [0.15, 0.2) is 6.33 Å². The van der Waals surface area contributed by atoms with Crippen LogP contribution < -0.4 is 20.9 Å². The lowest BCUT2D eigenvalue weighted by molar-refractivity contribution is 0.122. The number of nitrogens with one attached hydrogen (secondary N) is 1. The normalized spacial score (nSPS) is 15.0. The van der Waals surface area contributed by atoms with Crippen LogP contribution in [0.25, 0.3) is 0 Å². The van der Waals surface area contributed by atoms with Gasteiger partial charge in [0.1, 0.15) is 6.33 Å². The molecule has 3 rings (SSSR count). The number of hydrogen-bond acceptors (Lipinski definition) is 10. The first-order valence-electron chi connectivity index (χ1n) is 6.33. The van der Waals surface area contributed by atoms with E-state index in [0.29, 0.717) is 32.3 Å². The second kappa shape index (κ2) is 5.85. The third-order valence-corrected chi connectivity index (χ3v) is 2.79. The van der Waals surface area contributed by atoms with E-state index in [1.807, 2.05) is 4.90 Å². The van der Waals surface area contributed by atoms with E-state index in [4.69, 9.17) is 15.3 Å². The number of rotatable bonds is 4. The first-order valence-corrected chi connectivity index (χ1v) is 6.33. The van der Waals surface area contributed by atoms with E-state index in [9.17, 15) is 0 Å². The van der Waals surface area contributed by atoms with Crippen molar-refractivity contribution in [1.29, 1.82) is 0 Å². The van der Waals surface area contributed by atoms with E-state index in [-0.39, 0.29) is 18.0 Å². The maximum Gasteiger partial charge on any atom is 0.343 e. The van der Waals surface area contributed by atoms with Gasteiger partial charge in [0.25, 0.3) is 0 Å². The highest BCUT2D eigenvalue weighted by Crippen LogP contribution is 2.18. The van der Waals surface area contributed by atoms with Crippen LogP contribution in [0.1, 0.15) is 0 Å². The molecule has 11 heteroatoms. The third-order valence-electron chi connectivity index (χ3n) is 2.79. The Kier molecular flexibility index (Phi) is 3.75. The van der Waals surface area contributed by atoms with Gasteiger partial charge in [-0.3, -0.25) is 10.1 Å². The predicted octanol–water partition coefficient (Wildman–Crippen LogP) is -1.09. The summed E-state index contributed by atoms with van der Waals surface area (Å²) in [5, 5.41) is 4.00. The molecule has 0 atom stereocenters. The van der Waals surface area contributed by atoms with E-state index in [0.717, 1.165) is 0 Å². The highest BCUT2D eigenvalue weighted by molar-refractivity contribution is 5.38. The van der Waals surface area contributed by atoms with Crippen LogP contribution >= 0.6 is 0 Å². The van der Waals surface area contributed by atoms with E-state index < -0.39 is 0 Å². The van der Waals surface area contributed by atoms with E-state index in [1.165, 1.54) is 11.0 Å². The van der Waals surface area contributed by atoms with Crippen molar-refractivity contribution in [3.63, 3.8) is 0 Å². The van der Waals surface area contributed by atoms with Crippen LogP contribution in [0.4, 0.5) is 11.9 Å². The molecule has 2 aromatic rings. The van der Waals surface area contributed by atoms with Crippen molar-refractivity contribution in [2.45, 2.75) is 0 Å². The van der Waals surface area contributed by atoms with E-state index >= 15 is 0 Å². The van der Waals surface area contributed by atoms with Gasteiger partial charge in [-0.05, 0) is 0 Å². The van der Waals surface area contributed by atoms with Crippen molar-refractivity contribution in [2.75, 3.05) is 36.6 Å². The van der Waals surface area contributed by atoms with Gasteiger partial charge >= 0.3 is 12.0 Å². The van der Waals surface area contributed by atoms with Crippen molar-refractivity contribution in [1.82, 2.24) is 29.7 Å². The average molecular weight is 293 g/mol. The van der Waals surface area contributed by atoms with Gasteiger partial charge in [-0.25, -0.2) is 5.84 Å². The summed E-state index contributed by atoms with van der Waals surface area (Å²) in [6.45, 7) is 2.62. The number of ether oxygens (including phenoxy) is 2. The van der Waals surface area contributed by atoms with Gasteiger partial charge in [0.05, 0.1) is 13.2 Å². The van der Waals surface area contributed by atoms with Crippen LogP contribution in [0.3, 0.4) is 0 Å². The van der Waals surface area contributed by atoms with Gasteiger partial charge in [0.2, 0.25) is 11.9 Å². The summed E-state index contributed by atoms with van der Waals surface area (Å²) in [5.41, 5.74) is 2.39. The van der Waals surface area contributed by atoms with Crippen molar-refractivity contribution < 1.29 is 9.47 Å². The number of aryl methyl sites for hydroxylation is 1. The van der Waals surface area contributed by atoms with E-state index in [2.05, 4.69) is 30.5 Å².